The molecule has 30 heavy (non-hydrogen) atoms. The van der Waals surface area contributed by atoms with Crippen molar-refractivity contribution in [3.8, 4) is 0 Å². The summed E-state index contributed by atoms with van der Waals surface area (Å²) >= 11 is 1.80. The molecule has 2 heterocycles. The zero-order valence-electron chi connectivity index (χ0n) is 18.3. The van der Waals surface area contributed by atoms with Crippen molar-refractivity contribution in [1.29, 1.82) is 0 Å². The smallest absolute Gasteiger partial charge is 0.191 e. The number of rotatable bonds is 10. The van der Waals surface area contributed by atoms with E-state index in [2.05, 4.69) is 38.3 Å². The number of methoxy groups -OCH3 is 1. The Labute approximate surface area is 201 Å². The first kappa shape index (κ1) is 25.1. The molecule has 7 nitrogen and oxygen atoms in total. The molecule has 0 saturated heterocycles. The number of hydrogen-bond acceptors (Lipinski definition) is 5. The summed E-state index contributed by atoms with van der Waals surface area (Å²) in [6, 6.07) is 4.28. The van der Waals surface area contributed by atoms with E-state index < -0.39 is 0 Å². The minimum Gasteiger partial charge on any atom is -0.385 e. The highest BCUT2D eigenvalue weighted by molar-refractivity contribution is 14.0. The van der Waals surface area contributed by atoms with E-state index >= 15 is 0 Å². The number of hydrogen-bond donors (Lipinski definition) is 2. The normalized spacial score (nSPS) is 15.8. The summed E-state index contributed by atoms with van der Waals surface area (Å²) in [7, 11) is 3.77. The maximum absolute atomic E-state index is 5.37. The van der Waals surface area contributed by atoms with Crippen LogP contribution in [0, 0.1) is 12.3 Å². The largest absolute Gasteiger partial charge is 0.385 e. The van der Waals surface area contributed by atoms with Gasteiger partial charge in [-0.25, -0.2) is 4.99 Å². The van der Waals surface area contributed by atoms with Crippen LogP contribution in [-0.2, 0) is 24.8 Å². The summed E-state index contributed by atoms with van der Waals surface area (Å²) in [4.78, 5) is 6.19. The van der Waals surface area contributed by atoms with E-state index in [1.807, 2.05) is 18.5 Å². The lowest BCUT2D eigenvalue weighted by Gasteiger charge is -2.30. The first-order chi connectivity index (χ1) is 14.1. The highest BCUT2D eigenvalue weighted by atomic mass is 127. The number of guanidine groups is 1. The number of aromatic nitrogens is 3. The second-order valence-electron chi connectivity index (χ2n) is 7.95. The van der Waals surface area contributed by atoms with Crippen molar-refractivity contribution in [3.63, 3.8) is 0 Å². The second-order valence-corrected chi connectivity index (χ2v) is 8.98. The van der Waals surface area contributed by atoms with Crippen LogP contribution in [0.25, 0.3) is 0 Å². The van der Waals surface area contributed by atoms with E-state index in [-0.39, 0.29) is 24.0 Å². The number of aryl methyl sites for hydroxylation is 1. The number of aliphatic imine (C=N–C) groups is 1. The van der Waals surface area contributed by atoms with Crippen molar-refractivity contribution < 1.29 is 4.74 Å². The van der Waals surface area contributed by atoms with Crippen LogP contribution < -0.4 is 10.6 Å². The van der Waals surface area contributed by atoms with Gasteiger partial charge in [0.25, 0.3) is 0 Å². The second kappa shape index (κ2) is 12.6. The fraction of sp³-hybridized carbons (Fsp3) is 0.667. The Morgan fingerprint density at radius 2 is 2.10 bits per heavy atom. The van der Waals surface area contributed by atoms with Crippen molar-refractivity contribution in [2.75, 3.05) is 26.8 Å². The average molecular weight is 547 g/mol. The third kappa shape index (κ3) is 7.19. The van der Waals surface area contributed by atoms with Crippen LogP contribution in [0.4, 0.5) is 0 Å². The third-order valence-electron chi connectivity index (χ3n) is 5.94. The van der Waals surface area contributed by atoms with Gasteiger partial charge in [0.2, 0.25) is 0 Å². The Kier molecular flexibility index (Phi) is 10.5. The van der Waals surface area contributed by atoms with E-state index in [1.165, 1.54) is 30.6 Å². The average Bonchev–Trinajstić information content (AvgIpc) is 3.47. The molecule has 1 aliphatic carbocycles. The Hall–Kier alpha value is -1.20. The molecule has 168 valence electrons. The molecule has 0 atom stereocenters. The van der Waals surface area contributed by atoms with Crippen LogP contribution in [0.2, 0.25) is 0 Å². The molecular formula is C21H35IN6OS. The Morgan fingerprint density at radius 1 is 1.30 bits per heavy atom. The van der Waals surface area contributed by atoms with Crippen LogP contribution in [0.15, 0.2) is 22.5 Å². The van der Waals surface area contributed by atoms with Gasteiger partial charge in [-0.15, -0.1) is 45.5 Å². The van der Waals surface area contributed by atoms with Crippen LogP contribution >= 0.6 is 35.3 Å². The molecule has 1 aliphatic rings. The van der Waals surface area contributed by atoms with E-state index in [0.29, 0.717) is 12.0 Å². The fourth-order valence-corrected chi connectivity index (χ4v) is 4.61. The standard InChI is InChI=1S/C21H34N6OS.HI/c1-17-25-26-19(27(17)2)15-23-20(22-12-8-18-7-6-14-29-18)24-16-21(11-13-28-3)9-4-5-10-21;/h6-7,14H,4-5,8-13,15-16H2,1-3H3,(H2,22,23,24);1H. The van der Waals surface area contributed by atoms with Gasteiger partial charge < -0.3 is 19.9 Å². The molecule has 0 amide bonds. The summed E-state index contributed by atoms with van der Waals surface area (Å²) in [5.74, 6) is 2.63. The lowest BCUT2D eigenvalue weighted by Crippen LogP contribution is -2.44. The molecule has 0 aromatic carbocycles. The quantitative estimate of drug-likeness (QED) is 0.270. The van der Waals surface area contributed by atoms with Crippen molar-refractivity contribution in [3.05, 3.63) is 34.0 Å². The van der Waals surface area contributed by atoms with Crippen LogP contribution in [0.5, 0.6) is 0 Å². The zero-order valence-corrected chi connectivity index (χ0v) is 21.5. The predicted molar refractivity (Wildman–Crippen MR) is 134 cm³/mol. The SMILES string of the molecule is COCCC1(CNC(=NCc2nnc(C)n2C)NCCc2cccs2)CCCC1.I. The van der Waals surface area contributed by atoms with Gasteiger partial charge in [0.05, 0.1) is 0 Å². The fourth-order valence-electron chi connectivity index (χ4n) is 3.90. The molecule has 2 N–H and O–H groups in total. The molecule has 2 aromatic heterocycles. The topological polar surface area (TPSA) is 76.4 Å². The zero-order chi connectivity index (χ0) is 20.5. The van der Waals surface area contributed by atoms with Crippen molar-refractivity contribution in [2.24, 2.45) is 17.5 Å². The molecule has 0 spiro atoms. The maximum Gasteiger partial charge on any atom is 0.191 e. The molecule has 0 aliphatic heterocycles. The van der Waals surface area contributed by atoms with Gasteiger partial charge in [-0.1, -0.05) is 18.9 Å². The summed E-state index contributed by atoms with van der Waals surface area (Å²) in [6.45, 7) is 5.07. The lowest BCUT2D eigenvalue weighted by atomic mass is 9.83. The molecule has 1 saturated carbocycles. The van der Waals surface area contributed by atoms with Gasteiger partial charge >= 0.3 is 0 Å². The first-order valence-electron chi connectivity index (χ1n) is 10.5. The monoisotopic (exact) mass is 546 g/mol. The number of nitrogens with zero attached hydrogens (tertiary/aromatic N) is 4. The Balaban J connectivity index is 0.00000320. The number of nitrogens with one attached hydrogen (secondary N) is 2. The van der Waals surface area contributed by atoms with Gasteiger partial charge in [-0.3, -0.25) is 0 Å². The minimum absolute atomic E-state index is 0. The highest BCUT2D eigenvalue weighted by Crippen LogP contribution is 2.40. The summed E-state index contributed by atoms with van der Waals surface area (Å²) in [6.07, 6.45) is 7.23. The van der Waals surface area contributed by atoms with Gasteiger partial charge in [-0.2, -0.15) is 0 Å². The van der Waals surface area contributed by atoms with E-state index in [9.17, 15) is 0 Å². The van der Waals surface area contributed by atoms with Gasteiger partial charge in [0.15, 0.2) is 11.8 Å². The van der Waals surface area contributed by atoms with Crippen molar-refractivity contribution in [1.82, 2.24) is 25.4 Å². The lowest BCUT2D eigenvalue weighted by molar-refractivity contribution is 0.138. The summed E-state index contributed by atoms with van der Waals surface area (Å²) in [5.41, 5.74) is 0.313. The highest BCUT2D eigenvalue weighted by Gasteiger charge is 2.33. The Morgan fingerprint density at radius 3 is 2.73 bits per heavy atom. The molecule has 2 aromatic rings. The van der Waals surface area contributed by atoms with Gasteiger partial charge in [0, 0.05) is 38.7 Å². The van der Waals surface area contributed by atoms with E-state index in [1.54, 1.807) is 18.4 Å². The molecule has 3 rings (SSSR count). The summed E-state index contributed by atoms with van der Waals surface area (Å²) < 4.78 is 7.36. The van der Waals surface area contributed by atoms with Crippen LogP contribution in [0.3, 0.4) is 0 Å². The number of halogens is 1. The molecular weight excluding hydrogens is 511 g/mol. The number of ether oxygens (including phenoxy) is 1. The first-order valence-corrected chi connectivity index (χ1v) is 11.4. The molecule has 0 radical (unpaired) electrons. The van der Waals surface area contributed by atoms with Crippen molar-refractivity contribution in [2.45, 2.75) is 52.0 Å². The minimum atomic E-state index is 0. The number of thiophene rings is 1. The molecule has 0 unspecified atom stereocenters. The van der Waals surface area contributed by atoms with Gasteiger partial charge in [-0.05, 0) is 49.5 Å². The van der Waals surface area contributed by atoms with E-state index in [4.69, 9.17) is 9.73 Å². The molecule has 0 bridgehead atoms. The Bertz CT molecular complexity index is 771. The summed E-state index contributed by atoms with van der Waals surface area (Å²) in [5, 5.41) is 17.6. The third-order valence-corrected chi connectivity index (χ3v) is 6.87. The van der Waals surface area contributed by atoms with Crippen LogP contribution in [-0.4, -0.2) is 47.5 Å². The van der Waals surface area contributed by atoms with Crippen molar-refractivity contribution >= 4 is 41.3 Å². The van der Waals surface area contributed by atoms with Crippen LogP contribution in [0.1, 0.15) is 48.6 Å². The van der Waals surface area contributed by atoms with E-state index in [0.717, 1.165) is 50.1 Å². The maximum atomic E-state index is 5.37. The molecule has 1 fully saturated rings. The van der Waals surface area contributed by atoms with Gasteiger partial charge in [0.1, 0.15) is 12.4 Å². The predicted octanol–water partition coefficient (Wildman–Crippen LogP) is 3.68. The molecule has 9 heteroatoms.